The van der Waals surface area contributed by atoms with E-state index < -0.39 is 11.8 Å². The summed E-state index contributed by atoms with van der Waals surface area (Å²) in [6.07, 6.45) is 5.27. The van der Waals surface area contributed by atoms with E-state index in [4.69, 9.17) is 38.7 Å². The molecule has 2 aromatic carbocycles. The molecule has 0 amide bonds. The van der Waals surface area contributed by atoms with E-state index in [1.807, 2.05) is 16.7 Å². The summed E-state index contributed by atoms with van der Waals surface area (Å²) in [6.45, 7) is 2.22. The van der Waals surface area contributed by atoms with Crippen molar-refractivity contribution < 1.29 is 13.9 Å². The molecule has 1 fully saturated rings. The summed E-state index contributed by atoms with van der Waals surface area (Å²) in [4.78, 5) is 17.9. The summed E-state index contributed by atoms with van der Waals surface area (Å²) in [7, 11) is 0. The van der Waals surface area contributed by atoms with Crippen molar-refractivity contribution in [1.29, 1.82) is 0 Å². The van der Waals surface area contributed by atoms with Crippen molar-refractivity contribution in [2.45, 2.75) is 51.5 Å². The molecule has 3 aromatic rings. The molecule has 174 valence electrons. The first kappa shape index (κ1) is 23.7. The van der Waals surface area contributed by atoms with Crippen molar-refractivity contribution in [2.75, 3.05) is 6.61 Å². The van der Waals surface area contributed by atoms with Crippen LogP contribution >= 0.6 is 23.2 Å². The highest BCUT2D eigenvalue weighted by Gasteiger charge is 2.31. The van der Waals surface area contributed by atoms with Crippen molar-refractivity contribution in [2.24, 2.45) is 5.73 Å². The molecule has 0 aliphatic heterocycles. The predicted molar refractivity (Wildman–Crippen MR) is 129 cm³/mol. The van der Waals surface area contributed by atoms with Gasteiger partial charge in [-0.05, 0) is 55.7 Å². The molecule has 8 heteroatoms. The van der Waals surface area contributed by atoms with Gasteiger partial charge in [-0.1, -0.05) is 48.5 Å². The van der Waals surface area contributed by atoms with Crippen LogP contribution in [0.3, 0.4) is 0 Å². The lowest BCUT2D eigenvalue weighted by Gasteiger charge is -2.24. The van der Waals surface area contributed by atoms with Gasteiger partial charge in [-0.25, -0.2) is 14.2 Å². The first-order chi connectivity index (χ1) is 15.9. The SMILES string of the molecule is CCOC(=O)c1nc(C2CCCCC2)n(-c2cc(Cl)ccc2CN)c1-c1ccc(F)c(Cl)c1. The maximum absolute atomic E-state index is 14.0. The number of ether oxygens (including phenoxy) is 1. The van der Waals surface area contributed by atoms with E-state index in [-0.39, 0.29) is 29.8 Å². The number of nitrogens with two attached hydrogens (primary N) is 1. The van der Waals surface area contributed by atoms with Crippen molar-refractivity contribution in [1.82, 2.24) is 9.55 Å². The molecule has 5 nitrogen and oxygen atoms in total. The first-order valence-corrected chi connectivity index (χ1v) is 11.9. The molecule has 0 unspecified atom stereocenters. The molecule has 0 bridgehead atoms. The molecule has 1 aliphatic rings. The maximum atomic E-state index is 14.0. The number of nitrogens with zero attached hydrogens (tertiary/aromatic N) is 2. The number of benzene rings is 2. The Labute approximate surface area is 202 Å². The monoisotopic (exact) mass is 489 g/mol. The topological polar surface area (TPSA) is 70.1 Å². The number of hydrogen-bond donors (Lipinski definition) is 1. The van der Waals surface area contributed by atoms with Gasteiger partial charge < -0.3 is 10.5 Å². The van der Waals surface area contributed by atoms with Gasteiger partial charge in [-0.3, -0.25) is 4.57 Å². The van der Waals surface area contributed by atoms with E-state index in [1.54, 1.807) is 19.1 Å². The summed E-state index contributed by atoms with van der Waals surface area (Å²) in [5.41, 5.74) is 8.88. The zero-order valence-electron chi connectivity index (χ0n) is 18.4. The second-order valence-corrected chi connectivity index (χ2v) is 9.01. The molecule has 1 aromatic heterocycles. The van der Waals surface area contributed by atoms with Crippen LogP contribution in [0.2, 0.25) is 10.0 Å². The number of esters is 1. The Kier molecular flexibility index (Phi) is 7.37. The molecular formula is C25H26Cl2FN3O2. The number of halogens is 3. The number of carbonyl (C=O) groups excluding carboxylic acids is 1. The fraction of sp³-hybridized carbons (Fsp3) is 0.360. The van der Waals surface area contributed by atoms with Crippen LogP contribution in [0.1, 0.15) is 66.8 Å². The van der Waals surface area contributed by atoms with Crippen LogP contribution in [-0.2, 0) is 11.3 Å². The standard InChI is InChI=1S/C25H26Cl2FN3O2/c1-2-33-25(32)22-23(16-9-11-20(28)19(27)12-16)31(21-13-18(26)10-8-17(21)14-29)24(30-22)15-6-4-3-5-7-15/h8-13,15H,2-7,14,29H2,1H3. The van der Waals surface area contributed by atoms with Crippen LogP contribution in [0.5, 0.6) is 0 Å². The summed E-state index contributed by atoms with van der Waals surface area (Å²) in [5.74, 6) is -0.173. The Morgan fingerprint density at radius 2 is 1.94 bits per heavy atom. The first-order valence-electron chi connectivity index (χ1n) is 11.2. The summed E-state index contributed by atoms with van der Waals surface area (Å²) in [5, 5.41) is 0.491. The van der Waals surface area contributed by atoms with Crippen LogP contribution in [-0.4, -0.2) is 22.1 Å². The normalized spacial score (nSPS) is 14.5. The Morgan fingerprint density at radius 1 is 1.18 bits per heavy atom. The van der Waals surface area contributed by atoms with Crippen LogP contribution in [0.25, 0.3) is 16.9 Å². The van der Waals surface area contributed by atoms with Crippen molar-refractivity contribution in [3.8, 4) is 16.9 Å². The Morgan fingerprint density at radius 3 is 2.61 bits per heavy atom. The fourth-order valence-electron chi connectivity index (χ4n) is 4.49. The number of carbonyl (C=O) groups is 1. The third kappa shape index (κ3) is 4.79. The number of imidazole rings is 1. The van der Waals surface area contributed by atoms with Crippen molar-refractivity contribution >= 4 is 29.2 Å². The summed E-state index contributed by atoms with van der Waals surface area (Å²) in [6, 6.07) is 9.85. The number of aromatic nitrogens is 2. The highest BCUT2D eigenvalue weighted by atomic mass is 35.5. The number of rotatable bonds is 6. The lowest BCUT2D eigenvalue weighted by atomic mass is 9.88. The van der Waals surface area contributed by atoms with Gasteiger partial charge in [-0.2, -0.15) is 0 Å². The quantitative estimate of drug-likeness (QED) is 0.392. The molecular weight excluding hydrogens is 464 g/mol. The second kappa shape index (κ2) is 10.2. The second-order valence-electron chi connectivity index (χ2n) is 8.16. The minimum atomic E-state index is -0.542. The van der Waals surface area contributed by atoms with E-state index >= 15 is 0 Å². The zero-order valence-corrected chi connectivity index (χ0v) is 19.9. The van der Waals surface area contributed by atoms with E-state index in [9.17, 15) is 9.18 Å². The molecule has 2 N–H and O–H groups in total. The van der Waals surface area contributed by atoms with Gasteiger partial charge in [0.2, 0.25) is 0 Å². The maximum Gasteiger partial charge on any atom is 0.359 e. The average Bonchev–Trinajstić information content (AvgIpc) is 3.22. The third-order valence-electron chi connectivity index (χ3n) is 6.04. The minimum Gasteiger partial charge on any atom is -0.461 e. The van der Waals surface area contributed by atoms with Crippen LogP contribution in [0.15, 0.2) is 36.4 Å². The van der Waals surface area contributed by atoms with Crippen LogP contribution in [0, 0.1) is 5.82 Å². The van der Waals surface area contributed by atoms with Crippen LogP contribution < -0.4 is 5.73 Å². The van der Waals surface area contributed by atoms with Gasteiger partial charge in [0.25, 0.3) is 0 Å². The molecule has 0 spiro atoms. The van der Waals surface area contributed by atoms with Gasteiger partial charge >= 0.3 is 5.97 Å². The van der Waals surface area contributed by atoms with Gasteiger partial charge in [0.05, 0.1) is 23.0 Å². The van der Waals surface area contributed by atoms with E-state index in [1.165, 1.54) is 18.6 Å². The molecule has 1 aliphatic carbocycles. The fourth-order valence-corrected chi connectivity index (χ4v) is 4.83. The van der Waals surface area contributed by atoms with Gasteiger partial charge in [0.1, 0.15) is 11.6 Å². The highest BCUT2D eigenvalue weighted by Crippen LogP contribution is 2.40. The Balaban J connectivity index is 2.07. The van der Waals surface area contributed by atoms with Gasteiger partial charge in [-0.15, -0.1) is 0 Å². The minimum absolute atomic E-state index is 0.0422. The molecule has 0 radical (unpaired) electrons. The van der Waals surface area contributed by atoms with E-state index in [2.05, 4.69) is 0 Å². The number of hydrogen-bond acceptors (Lipinski definition) is 4. The lowest BCUT2D eigenvalue weighted by Crippen LogP contribution is -2.14. The van der Waals surface area contributed by atoms with Crippen molar-refractivity contribution in [3.63, 3.8) is 0 Å². The predicted octanol–water partition coefficient (Wildman–Crippen LogP) is 6.67. The molecule has 1 saturated carbocycles. The molecule has 4 rings (SSSR count). The zero-order chi connectivity index (χ0) is 23.5. The molecule has 0 atom stereocenters. The van der Waals surface area contributed by atoms with E-state index in [0.717, 1.165) is 42.8 Å². The van der Waals surface area contributed by atoms with Crippen LogP contribution in [0.4, 0.5) is 4.39 Å². The smallest absolute Gasteiger partial charge is 0.359 e. The van der Waals surface area contributed by atoms with Gasteiger partial charge in [0.15, 0.2) is 5.69 Å². The average molecular weight is 490 g/mol. The summed E-state index contributed by atoms with van der Waals surface area (Å²) < 4.78 is 21.3. The molecule has 33 heavy (non-hydrogen) atoms. The lowest BCUT2D eigenvalue weighted by molar-refractivity contribution is 0.0521. The van der Waals surface area contributed by atoms with E-state index in [0.29, 0.717) is 16.3 Å². The molecule has 0 saturated heterocycles. The Hall–Kier alpha value is -2.41. The third-order valence-corrected chi connectivity index (χ3v) is 6.57. The van der Waals surface area contributed by atoms with Crippen molar-refractivity contribution in [3.05, 3.63) is 69.3 Å². The largest absolute Gasteiger partial charge is 0.461 e. The Bertz CT molecular complexity index is 1170. The summed E-state index contributed by atoms with van der Waals surface area (Å²) >= 11 is 12.5. The van der Waals surface area contributed by atoms with Gasteiger partial charge in [0, 0.05) is 23.0 Å². The highest BCUT2D eigenvalue weighted by molar-refractivity contribution is 6.31. The molecule has 1 heterocycles.